The monoisotopic (exact) mass is 162 g/mol. The van der Waals surface area contributed by atoms with Gasteiger partial charge in [-0.05, 0) is 26.7 Å². The van der Waals surface area contributed by atoms with Crippen LogP contribution in [0.1, 0.15) is 33.1 Å². The van der Waals surface area contributed by atoms with Gasteiger partial charge in [-0.15, -0.1) is 0 Å². The minimum atomic E-state index is 0.140. The standard InChI is InChI=1S/C7H18N2O2/c1-6(8-10)4-3-5-7(2)9-11/h6-11H,3-5H2,1-2H3. The lowest BCUT2D eigenvalue weighted by Crippen LogP contribution is -2.24. The summed E-state index contributed by atoms with van der Waals surface area (Å²) in [5, 5.41) is 16.9. The molecule has 0 aromatic rings. The van der Waals surface area contributed by atoms with Crippen LogP contribution in [-0.2, 0) is 0 Å². The van der Waals surface area contributed by atoms with Gasteiger partial charge in [-0.25, -0.2) is 11.0 Å². The van der Waals surface area contributed by atoms with E-state index in [1.807, 2.05) is 13.8 Å². The van der Waals surface area contributed by atoms with Gasteiger partial charge < -0.3 is 10.4 Å². The predicted octanol–water partition coefficient (Wildman–Crippen LogP) is 0.891. The van der Waals surface area contributed by atoms with E-state index >= 15 is 0 Å². The van der Waals surface area contributed by atoms with Crippen molar-refractivity contribution in [2.24, 2.45) is 0 Å². The molecule has 4 N–H and O–H groups in total. The van der Waals surface area contributed by atoms with Crippen LogP contribution in [0.3, 0.4) is 0 Å². The summed E-state index contributed by atoms with van der Waals surface area (Å²) in [6.07, 6.45) is 2.83. The molecule has 2 atom stereocenters. The maximum atomic E-state index is 8.44. The fraction of sp³-hybridized carbons (Fsp3) is 1.00. The lowest BCUT2D eigenvalue weighted by Gasteiger charge is -2.11. The van der Waals surface area contributed by atoms with E-state index in [4.69, 9.17) is 10.4 Å². The highest BCUT2D eigenvalue weighted by molar-refractivity contribution is 4.58. The third kappa shape index (κ3) is 6.25. The van der Waals surface area contributed by atoms with Crippen molar-refractivity contribution in [2.45, 2.75) is 45.2 Å². The minimum Gasteiger partial charge on any atom is -0.317 e. The first-order chi connectivity index (χ1) is 5.20. The molecule has 4 heteroatoms. The largest absolute Gasteiger partial charge is 0.317 e. The van der Waals surface area contributed by atoms with Crippen molar-refractivity contribution in [3.05, 3.63) is 0 Å². The van der Waals surface area contributed by atoms with Crippen molar-refractivity contribution in [1.82, 2.24) is 11.0 Å². The highest BCUT2D eigenvalue weighted by Gasteiger charge is 2.02. The molecule has 0 aliphatic carbocycles. The van der Waals surface area contributed by atoms with Crippen LogP contribution >= 0.6 is 0 Å². The topological polar surface area (TPSA) is 64.5 Å². The molecule has 0 amide bonds. The molecular formula is C7H18N2O2. The maximum Gasteiger partial charge on any atom is 0.0291 e. The second kappa shape index (κ2) is 6.54. The molecule has 0 aromatic heterocycles. The fourth-order valence-electron chi connectivity index (χ4n) is 0.859. The van der Waals surface area contributed by atoms with Crippen molar-refractivity contribution in [3.8, 4) is 0 Å². The molecular weight excluding hydrogens is 144 g/mol. The molecule has 2 unspecified atom stereocenters. The SMILES string of the molecule is CC(CCCC(C)NO)NO. The molecule has 11 heavy (non-hydrogen) atoms. The first-order valence-electron chi connectivity index (χ1n) is 4.00. The normalized spacial score (nSPS) is 16.4. The maximum absolute atomic E-state index is 8.44. The van der Waals surface area contributed by atoms with Gasteiger partial charge in [0.2, 0.25) is 0 Å². The first kappa shape index (κ1) is 10.8. The second-order valence-corrected chi connectivity index (χ2v) is 2.99. The van der Waals surface area contributed by atoms with Crippen molar-refractivity contribution in [1.29, 1.82) is 0 Å². The molecule has 68 valence electrons. The van der Waals surface area contributed by atoms with Gasteiger partial charge in [0, 0.05) is 12.1 Å². The molecule has 0 aliphatic rings. The molecule has 0 fully saturated rings. The summed E-state index contributed by atoms with van der Waals surface area (Å²) in [6.45, 7) is 3.83. The average Bonchev–Trinajstić information content (AvgIpc) is 2.04. The van der Waals surface area contributed by atoms with E-state index in [1.54, 1.807) is 0 Å². The first-order valence-corrected chi connectivity index (χ1v) is 4.00. The third-order valence-electron chi connectivity index (χ3n) is 1.72. The minimum absolute atomic E-state index is 0.140. The van der Waals surface area contributed by atoms with E-state index < -0.39 is 0 Å². The van der Waals surface area contributed by atoms with E-state index in [2.05, 4.69) is 11.0 Å². The van der Waals surface area contributed by atoms with Crippen LogP contribution in [0, 0.1) is 0 Å². The Morgan fingerprint density at radius 3 is 1.64 bits per heavy atom. The molecule has 0 saturated heterocycles. The molecule has 0 bridgehead atoms. The second-order valence-electron chi connectivity index (χ2n) is 2.99. The summed E-state index contributed by atoms with van der Waals surface area (Å²) in [7, 11) is 0. The smallest absolute Gasteiger partial charge is 0.0291 e. The summed E-state index contributed by atoms with van der Waals surface area (Å²) in [4.78, 5) is 0. The van der Waals surface area contributed by atoms with E-state index in [1.165, 1.54) is 0 Å². The molecule has 0 aliphatic heterocycles. The quantitative estimate of drug-likeness (QED) is 0.438. The number of rotatable bonds is 6. The van der Waals surface area contributed by atoms with E-state index in [-0.39, 0.29) is 12.1 Å². The zero-order valence-corrected chi connectivity index (χ0v) is 7.17. The van der Waals surface area contributed by atoms with Crippen LogP contribution in [0.2, 0.25) is 0 Å². The molecule has 0 radical (unpaired) electrons. The van der Waals surface area contributed by atoms with E-state index in [0.717, 1.165) is 19.3 Å². The van der Waals surface area contributed by atoms with Crippen molar-refractivity contribution < 1.29 is 10.4 Å². The summed E-state index contributed by atoms with van der Waals surface area (Å²) in [5.74, 6) is 0. The summed E-state index contributed by atoms with van der Waals surface area (Å²) < 4.78 is 0. The number of hydrogen-bond donors (Lipinski definition) is 4. The highest BCUT2D eigenvalue weighted by Crippen LogP contribution is 2.02. The van der Waals surface area contributed by atoms with E-state index in [9.17, 15) is 0 Å². The Bertz CT molecular complexity index is 80.5. The van der Waals surface area contributed by atoms with Crippen LogP contribution < -0.4 is 11.0 Å². The van der Waals surface area contributed by atoms with Crippen LogP contribution in [0.15, 0.2) is 0 Å². The van der Waals surface area contributed by atoms with E-state index in [0.29, 0.717) is 0 Å². The van der Waals surface area contributed by atoms with Crippen LogP contribution in [0.4, 0.5) is 0 Å². The molecule has 0 spiro atoms. The molecule has 0 aromatic carbocycles. The Morgan fingerprint density at radius 1 is 1.00 bits per heavy atom. The Kier molecular flexibility index (Phi) is 6.45. The highest BCUT2D eigenvalue weighted by atomic mass is 16.5. The van der Waals surface area contributed by atoms with Gasteiger partial charge in [-0.3, -0.25) is 0 Å². The van der Waals surface area contributed by atoms with Gasteiger partial charge in [0.15, 0.2) is 0 Å². The Balaban J connectivity index is 3.13. The fourth-order valence-corrected chi connectivity index (χ4v) is 0.859. The lowest BCUT2D eigenvalue weighted by molar-refractivity contribution is 0.116. The molecule has 0 saturated carbocycles. The Hall–Kier alpha value is -0.160. The lowest BCUT2D eigenvalue weighted by atomic mass is 10.1. The Labute approximate surface area is 67.5 Å². The summed E-state index contributed by atoms with van der Waals surface area (Å²) in [6, 6.07) is 0.279. The number of hydroxylamine groups is 2. The van der Waals surface area contributed by atoms with Crippen LogP contribution in [0.25, 0.3) is 0 Å². The van der Waals surface area contributed by atoms with Crippen LogP contribution in [0.5, 0.6) is 0 Å². The summed E-state index contributed by atoms with van der Waals surface area (Å²) in [5.41, 5.74) is 4.35. The Morgan fingerprint density at radius 2 is 1.36 bits per heavy atom. The van der Waals surface area contributed by atoms with Gasteiger partial charge in [-0.2, -0.15) is 0 Å². The van der Waals surface area contributed by atoms with Gasteiger partial charge in [0.05, 0.1) is 0 Å². The number of hydrogen-bond acceptors (Lipinski definition) is 4. The zero-order valence-electron chi connectivity index (χ0n) is 7.17. The third-order valence-corrected chi connectivity index (χ3v) is 1.72. The number of nitrogens with one attached hydrogen (secondary N) is 2. The zero-order chi connectivity index (χ0) is 8.69. The van der Waals surface area contributed by atoms with Gasteiger partial charge in [0.25, 0.3) is 0 Å². The van der Waals surface area contributed by atoms with Gasteiger partial charge in [-0.1, -0.05) is 6.42 Å². The molecule has 0 rings (SSSR count). The van der Waals surface area contributed by atoms with Crippen molar-refractivity contribution in [2.75, 3.05) is 0 Å². The van der Waals surface area contributed by atoms with Crippen molar-refractivity contribution >= 4 is 0 Å². The molecule has 0 heterocycles. The van der Waals surface area contributed by atoms with Gasteiger partial charge in [0.1, 0.15) is 0 Å². The summed E-state index contributed by atoms with van der Waals surface area (Å²) >= 11 is 0. The van der Waals surface area contributed by atoms with Gasteiger partial charge >= 0.3 is 0 Å². The van der Waals surface area contributed by atoms with Crippen LogP contribution in [-0.4, -0.2) is 22.5 Å². The predicted molar refractivity (Wildman–Crippen MR) is 42.6 cm³/mol. The molecule has 4 nitrogen and oxygen atoms in total. The average molecular weight is 162 g/mol. The van der Waals surface area contributed by atoms with Crippen molar-refractivity contribution in [3.63, 3.8) is 0 Å².